The molecule has 3 N–H and O–H groups in total. The monoisotopic (exact) mass is 905 g/mol. The molecule has 5 aromatic rings. The lowest BCUT2D eigenvalue weighted by molar-refractivity contribution is 0.0698. The molecule has 49 heavy (non-hydrogen) atoms. The molecule has 15 heteroatoms. The normalized spacial score (nSPS) is 17.1. The average Bonchev–Trinajstić information content (AvgIpc) is 3.72. The summed E-state index contributed by atoms with van der Waals surface area (Å²) in [6, 6.07) is 11.9. The fourth-order valence-electron chi connectivity index (χ4n) is 6.01. The van der Waals surface area contributed by atoms with Crippen molar-refractivity contribution in [2.75, 3.05) is 50.2 Å². The number of nitrogens with one attached hydrogen (secondary N) is 3. The third kappa shape index (κ3) is 8.72. The molecule has 1 aromatic carbocycles. The number of ether oxygens (including phenoxy) is 2. The van der Waals surface area contributed by atoms with E-state index in [0.717, 1.165) is 125 Å². The Balaban J connectivity index is 0.000000171. The van der Waals surface area contributed by atoms with Crippen molar-refractivity contribution in [2.24, 2.45) is 11.8 Å². The smallest absolute Gasteiger partial charge is 0.251 e. The molecule has 8 rings (SSSR count). The summed E-state index contributed by atoms with van der Waals surface area (Å²) in [7, 11) is 0. The molecule has 2 saturated heterocycles. The minimum Gasteiger partial charge on any atom is -0.382 e. The van der Waals surface area contributed by atoms with Gasteiger partial charge < -0.3 is 25.4 Å². The summed E-state index contributed by atoms with van der Waals surface area (Å²) >= 11 is 9.20. The number of nitrogens with zero attached hydrogens (tertiary/aromatic N) is 6. The zero-order valence-electron chi connectivity index (χ0n) is 26.9. The van der Waals surface area contributed by atoms with Gasteiger partial charge in [-0.05, 0) is 129 Å². The van der Waals surface area contributed by atoms with E-state index >= 15 is 0 Å². The lowest BCUT2D eigenvalue weighted by Crippen LogP contribution is -2.25. The molecule has 1 saturated carbocycles. The van der Waals surface area contributed by atoms with Crippen molar-refractivity contribution < 1.29 is 14.3 Å². The Morgan fingerprint density at radius 1 is 0.776 bits per heavy atom. The molecule has 258 valence electrons. The van der Waals surface area contributed by atoms with Gasteiger partial charge in [0.15, 0.2) is 11.3 Å². The first-order valence-electron chi connectivity index (χ1n) is 16.7. The maximum absolute atomic E-state index is 12.2. The van der Waals surface area contributed by atoms with Crippen LogP contribution in [0.1, 0.15) is 48.9 Å². The zero-order valence-corrected chi connectivity index (χ0v) is 32.2. The third-order valence-corrected chi connectivity index (χ3v) is 10.5. The molecule has 6 heterocycles. The number of hydrogen-bond donors (Lipinski definition) is 3. The number of halogens is 3. The van der Waals surface area contributed by atoms with Crippen LogP contribution in [0.2, 0.25) is 0 Å². The van der Waals surface area contributed by atoms with Crippen LogP contribution in [0.15, 0.2) is 58.0 Å². The number of benzene rings is 1. The van der Waals surface area contributed by atoms with Crippen molar-refractivity contribution in [2.45, 2.75) is 44.6 Å². The Morgan fingerprint density at radius 3 is 1.88 bits per heavy atom. The number of anilines is 2. The lowest BCUT2D eigenvalue weighted by atomic mass is 10.0. The second kappa shape index (κ2) is 16.0. The van der Waals surface area contributed by atoms with Crippen LogP contribution in [0.4, 0.5) is 11.4 Å². The van der Waals surface area contributed by atoms with Gasteiger partial charge in [0.25, 0.3) is 5.91 Å². The maximum atomic E-state index is 12.2. The molecule has 0 atom stereocenters. The van der Waals surface area contributed by atoms with Crippen molar-refractivity contribution in [1.82, 2.24) is 34.5 Å². The molecule has 0 spiro atoms. The topological polar surface area (TPSA) is 132 Å². The number of imidazole rings is 2. The van der Waals surface area contributed by atoms with E-state index in [9.17, 15) is 4.79 Å². The van der Waals surface area contributed by atoms with Crippen LogP contribution in [0.5, 0.6) is 0 Å². The van der Waals surface area contributed by atoms with Gasteiger partial charge in [-0.3, -0.25) is 4.79 Å². The van der Waals surface area contributed by atoms with Crippen LogP contribution in [0.25, 0.3) is 22.6 Å². The average molecular weight is 907 g/mol. The van der Waals surface area contributed by atoms with Gasteiger partial charge in [-0.1, -0.05) is 12.1 Å². The van der Waals surface area contributed by atoms with Crippen LogP contribution < -0.4 is 16.0 Å². The number of carbonyl (C=O) groups excluding carboxylic acids is 1. The summed E-state index contributed by atoms with van der Waals surface area (Å²) in [6.07, 6.45) is 10.2. The van der Waals surface area contributed by atoms with Crippen molar-refractivity contribution in [3.63, 3.8) is 0 Å². The van der Waals surface area contributed by atoms with E-state index in [0.29, 0.717) is 23.4 Å². The number of hydrogen-bond acceptors (Lipinski definition) is 9. The van der Waals surface area contributed by atoms with E-state index in [2.05, 4.69) is 90.6 Å². The number of carbonyl (C=O) groups is 1. The first-order chi connectivity index (χ1) is 23.9. The second-order valence-corrected chi connectivity index (χ2v) is 15.4. The van der Waals surface area contributed by atoms with E-state index in [1.54, 1.807) is 0 Å². The summed E-state index contributed by atoms with van der Waals surface area (Å²) < 4.78 is 17.1. The number of aromatic nitrogens is 6. The second-order valence-electron chi connectivity index (χ2n) is 12.7. The van der Waals surface area contributed by atoms with Crippen LogP contribution in [-0.4, -0.2) is 80.7 Å². The van der Waals surface area contributed by atoms with E-state index in [1.807, 2.05) is 57.8 Å². The minimum atomic E-state index is -0.0114. The van der Waals surface area contributed by atoms with E-state index in [-0.39, 0.29) is 5.91 Å². The molecule has 0 radical (unpaired) electrons. The molecule has 0 unspecified atom stereocenters. The van der Waals surface area contributed by atoms with Gasteiger partial charge in [0, 0.05) is 56.7 Å². The highest BCUT2D eigenvalue weighted by atomic mass is 127. The maximum Gasteiger partial charge on any atom is 0.251 e. The molecule has 0 bridgehead atoms. The van der Waals surface area contributed by atoms with Crippen LogP contribution >= 0.6 is 54.5 Å². The lowest BCUT2D eigenvalue weighted by Gasteiger charge is -2.22. The third-order valence-electron chi connectivity index (χ3n) is 9.03. The molecule has 3 aliphatic rings. The highest BCUT2D eigenvalue weighted by Crippen LogP contribution is 2.28. The summed E-state index contributed by atoms with van der Waals surface area (Å²) in [6.45, 7) is 5.28. The van der Waals surface area contributed by atoms with Crippen molar-refractivity contribution in [1.29, 1.82) is 0 Å². The van der Waals surface area contributed by atoms with Crippen LogP contribution in [0.3, 0.4) is 0 Å². The SMILES string of the molecule is Brc1cc(NCC2CCOCC2)c2ncc(I)n2n1.O=C(NC1CC1)c1ccc(-c2cnc3c(NCC4CCOCC4)cc(Br)nn23)cc1. The summed E-state index contributed by atoms with van der Waals surface area (Å²) in [5.41, 5.74) is 6.16. The standard InChI is InChI=1S/C22H24BrN5O2.C12H14BrIN4O/c23-20-11-18(24-12-14-7-9-30-10-8-14)21-25-13-19(28(21)27-20)15-1-3-16(4-2-15)22(29)26-17-5-6-17;13-10-5-9(12-16-7-11(14)18(12)17-10)15-6-8-1-3-19-4-2-8/h1-4,11,13-14,17,24H,5-10,12H2,(H,26,29);5,7-8,15H,1-4,6H2. The Kier molecular flexibility index (Phi) is 11.3. The van der Waals surface area contributed by atoms with Crippen molar-refractivity contribution in [3.8, 4) is 11.3 Å². The Bertz CT molecular complexity index is 1900. The largest absolute Gasteiger partial charge is 0.382 e. The predicted molar refractivity (Wildman–Crippen MR) is 204 cm³/mol. The number of amides is 1. The first-order valence-corrected chi connectivity index (χ1v) is 19.4. The summed E-state index contributed by atoms with van der Waals surface area (Å²) in [5.74, 6) is 1.27. The van der Waals surface area contributed by atoms with E-state index in [4.69, 9.17) is 9.47 Å². The molecule has 4 aromatic heterocycles. The van der Waals surface area contributed by atoms with E-state index in [1.165, 1.54) is 0 Å². The molecule has 12 nitrogen and oxygen atoms in total. The number of rotatable bonds is 9. The predicted octanol–water partition coefficient (Wildman–Crippen LogP) is 6.82. The van der Waals surface area contributed by atoms with Gasteiger partial charge in [-0.15, -0.1) is 0 Å². The fraction of sp³-hybridized carbons (Fsp3) is 0.441. The molecule has 1 amide bonds. The van der Waals surface area contributed by atoms with Crippen LogP contribution in [0, 0.1) is 15.5 Å². The fourth-order valence-corrected chi connectivity index (χ4v) is 7.26. The molecular formula is C34H38Br2IN9O3. The van der Waals surface area contributed by atoms with Gasteiger partial charge in [0.1, 0.15) is 12.9 Å². The quantitative estimate of drug-likeness (QED) is 0.136. The molecular weight excluding hydrogens is 869 g/mol. The zero-order chi connectivity index (χ0) is 33.7. The highest BCUT2D eigenvalue weighted by Gasteiger charge is 2.24. The van der Waals surface area contributed by atoms with Gasteiger partial charge >= 0.3 is 0 Å². The molecule has 1 aliphatic carbocycles. The Hall–Kier alpha value is -2.86. The first kappa shape index (κ1) is 34.6. The van der Waals surface area contributed by atoms with Crippen LogP contribution in [-0.2, 0) is 9.47 Å². The minimum absolute atomic E-state index is 0.0114. The number of fused-ring (bicyclic) bond motifs is 2. The summed E-state index contributed by atoms with van der Waals surface area (Å²) in [4.78, 5) is 21.3. The van der Waals surface area contributed by atoms with Gasteiger partial charge in [-0.2, -0.15) is 10.2 Å². The molecule has 3 fully saturated rings. The summed E-state index contributed by atoms with van der Waals surface area (Å²) in [5, 5.41) is 19.1. The Morgan fingerprint density at radius 2 is 1.31 bits per heavy atom. The van der Waals surface area contributed by atoms with E-state index < -0.39 is 0 Å². The van der Waals surface area contributed by atoms with Gasteiger partial charge in [0.05, 0.1) is 29.5 Å². The van der Waals surface area contributed by atoms with Crippen molar-refractivity contribution >= 4 is 83.0 Å². The Labute approximate surface area is 314 Å². The highest BCUT2D eigenvalue weighted by molar-refractivity contribution is 14.1. The van der Waals surface area contributed by atoms with Gasteiger partial charge in [0.2, 0.25) is 0 Å². The van der Waals surface area contributed by atoms with Gasteiger partial charge in [-0.25, -0.2) is 19.0 Å². The van der Waals surface area contributed by atoms with Crippen molar-refractivity contribution in [3.05, 3.63) is 67.3 Å². The molecule has 2 aliphatic heterocycles.